The highest BCUT2D eigenvalue weighted by Gasteiger charge is 2.25. The van der Waals surface area contributed by atoms with Crippen molar-refractivity contribution in [3.8, 4) is 6.07 Å². The average Bonchev–Trinajstić information content (AvgIpc) is 3.03. The molecule has 0 aromatic carbocycles. The molecule has 3 rings (SSSR count). The quantitative estimate of drug-likeness (QED) is 0.920. The molecule has 1 aliphatic rings. The summed E-state index contributed by atoms with van der Waals surface area (Å²) in [5, 5.41) is 20.2. The molecule has 21 heavy (non-hydrogen) atoms. The zero-order valence-corrected chi connectivity index (χ0v) is 11.6. The van der Waals surface area contributed by atoms with Crippen LogP contribution >= 0.6 is 0 Å². The van der Waals surface area contributed by atoms with Gasteiger partial charge in [-0.15, -0.1) is 5.10 Å². The van der Waals surface area contributed by atoms with Crippen LogP contribution in [0, 0.1) is 11.3 Å². The Morgan fingerprint density at radius 2 is 2.33 bits per heavy atom. The van der Waals surface area contributed by atoms with Crippen LogP contribution in [-0.4, -0.2) is 34.3 Å². The van der Waals surface area contributed by atoms with E-state index in [-0.39, 0.29) is 0 Å². The van der Waals surface area contributed by atoms with Crippen molar-refractivity contribution in [3.63, 3.8) is 0 Å². The number of nitrogens with zero attached hydrogens (tertiary/aromatic N) is 5. The largest absolute Gasteiger partial charge is 0.368 e. The monoisotopic (exact) mass is 280 g/mol. The third-order valence-electron chi connectivity index (χ3n) is 3.64. The van der Waals surface area contributed by atoms with Crippen molar-refractivity contribution in [1.29, 1.82) is 5.26 Å². The molecule has 1 atom stereocenters. The second-order valence-electron chi connectivity index (χ2n) is 5.00. The summed E-state index contributed by atoms with van der Waals surface area (Å²) in [6.45, 7) is 1.81. The smallest absolute Gasteiger partial charge is 0.151 e. The van der Waals surface area contributed by atoms with Crippen molar-refractivity contribution >= 4 is 11.6 Å². The maximum absolute atomic E-state index is 8.76. The van der Waals surface area contributed by atoms with E-state index in [1.165, 1.54) is 0 Å². The Labute approximate surface area is 123 Å². The summed E-state index contributed by atoms with van der Waals surface area (Å²) in [7, 11) is 0. The number of hydrogen-bond donors (Lipinski definition) is 1. The lowest BCUT2D eigenvalue weighted by Gasteiger charge is -2.25. The van der Waals surface area contributed by atoms with Crippen LogP contribution in [0.3, 0.4) is 0 Å². The summed E-state index contributed by atoms with van der Waals surface area (Å²) >= 11 is 0. The Hall–Kier alpha value is -2.68. The van der Waals surface area contributed by atoms with Gasteiger partial charge in [-0.05, 0) is 37.1 Å². The van der Waals surface area contributed by atoms with E-state index < -0.39 is 0 Å². The maximum Gasteiger partial charge on any atom is 0.151 e. The molecule has 2 aromatic rings. The van der Waals surface area contributed by atoms with Crippen LogP contribution in [0.2, 0.25) is 0 Å². The maximum atomic E-state index is 8.76. The first-order valence-corrected chi connectivity index (χ1v) is 7.01. The van der Waals surface area contributed by atoms with Crippen LogP contribution in [0.4, 0.5) is 11.6 Å². The molecule has 0 radical (unpaired) electrons. The van der Waals surface area contributed by atoms with Crippen molar-refractivity contribution in [1.82, 2.24) is 15.2 Å². The zero-order valence-electron chi connectivity index (χ0n) is 11.6. The molecule has 0 amide bonds. The van der Waals surface area contributed by atoms with Crippen molar-refractivity contribution in [2.45, 2.75) is 18.9 Å². The Kier molecular flexibility index (Phi) is 3.92. The molecule has 0 aliphatic carbocycles. The molecule has 1 fully saturated rings. The van der Waals surface area contributed by atoms with Crippen LogP contribution in [0.1, 0.15) is 18.4 Å². The summed E-state index contributed by atoms with van der Waals surface area (Å²) in [4.78, 5) is 6.51. The van der Waals surface area contributed by atoms with Gasteiger partial charge in [-0.3, -0.25) is 0 Å². The molecule has 6 heteroatoms. The van der Waals surface area contributed by atoms with Gasteiger partial charge in [-0.2, -0.15) is 10.4 Å². The van der Waals surface area contributed by atoms with E-state index in [0.29, 0.717) is 11.6 Å². The second kappa shape index (κ2) is 6.18. The molecule has 2 aromatic heterocycles. The van der Waals surface area contributed by atoms with Crippen molar-refractivity contribution in [2.24, 2.45) is 0 Å². The summed E-state index contributed by atoms with van der Waals surface area (Å²) in [5.41, 5.74) is 0.572. The van der Waals surface area contributed by atoms with Gasteiger partial charge in [0, 0.05) is 31.5 Å². The van der Waals surface area contributed by atoms with Gasteiger partial charge < -0.3 is 10.2 Å². The number of aromatic nitrogens is 3. The van der Waals surface area contributed by atoms with Gasteiger partial charge in [0.15, 0.2) is 5.82 Å². The minimum Gasteiger partial charge on any atom is -0.368 e. The molecular weight excluding hydrogens is 264 g/mol. The van der Waals surface area contributed by atoms with Gasteiger partial charge >= 0.3 is 0 Å². The predicted octanol–water partition coefficient (Wildman–Crippen LogP) is 1.82. The predicted molar refractivity (Wildman–Crippen MR) is 79.8 cm³/mol. The minimum absolute atomic E-state index is 0.388. The van der Waals surface area contributed by atoms with Crippen molar-refractivity contribution in [2.75, 3.05) is 23.3 Å². The van der Waals surface area contributed by atoms with Gasteiger partial charge in [0.1, 0.15) is 11.9 Å². The standard InChI is InChI=1S/C15H16N6/c16-9-12-5-6-14(17-10-12)18-11-13-3-2-8-21(13)15-4-1-7-19-20-15/h1,4-7,10,13H,2-3,8,11H2,(H,17,18)/t13-/m1/s1. The van der Waals surface area contributed by atoms with Crippen LogP contribution in [0.5, 0.6) is 0 Å². The SMILES string of the molecule is N#Cc1ccc(NC[C@H]2CCCN2c2cccnn2)nc1. The van der Waals surface area contributed by atoms with E-state index >= 15 is 0 Å². The fraction of sp³-hybridized carbons (Fsp3) is 0.333. The normalized spacial score (nSPS) is 17.5. The number of pyridine rings is 1. The van der Waals surface area contributed by atoms with Crippen LogP contribution in [0.15, 0.2) is 36.7 Å². The molecule has 0 unspecified atom stereocenters. The lowest BCUT2D eigenvalue weighted by atomic mass is 10.2. The van der Waals surface area contributed by atoms with Crippen molar-refractivity contribution < 1.29 is 0 Å². The highest BCUT2D eigenvalue weighted by molar-refractivity contribution is 5.42. The zero-order chi connectivity index (χ0) is 14.5. The van der Waals surface area contributed by atoms with Gasteiger partial charge in [-0.25, -0.2) is 4.98 Å². The molecule has 1 N–H and O–H groups in total. The molecule has 0 bridgehead atoms. The lowest BCUT2D eigenvalue weighted by molar-refractivity contribution is 0.685. The number of nitriles is 1. The van der Waals surface area contributed by atoms with Gasteiger partial charge in [-0.1, -0.05) is 0 Å². The number of hydrogen-bond acceptors (Lipinski definition) is 6. The number of rotatable bonds is 4. The average molecular weight is 280 g/mol. The molecule has 1 aliphatic heterocycles. The first-order chi connectivity index (χ1) is 10.4. The number of nitrogens with one attached hydrogen (secondary N) is 1. The van der Waals surface area contributed by atoms with E-state index in [0.717, 1.165) is 37.6 Å². The fourth-order valence-corrected chi connectivity index (χ4v) is 2.58. The number of anilines is 2. The van der Waals surface area contributed by atoms with E-state index in [2.05, 4.69) is 31.5 Å². The Morgan fingerprint density at radius 1 is 1.38 bits per heavy atom. The summed E-state index contributed by atoms with van der Waals surface area (Å²) in [6.07, 6.45) is 5.55. The van der Waals surface area contributed by atoms with E-state index in [1.54, 1.807) is 18.5 Å². The Bertz CT molecular complexity index is 619. The van der Waals surface area contributed by atoms with Gasteiger partial charge in [0.2, 0.25) is 0 Å². The van der Waals surface area contributed by atoms with Crippen molar-refractivity contribution in [3.05, 3.63) is 42.2 Å². The van der Waals surface area contributed by atoms with Crippen LogP contribution in [0.25, 0.3) is 0 Å². The third-order valence-corrected chi connectivity index (χ3v) is 3.64. The Morgan fingerprint density at radius 3 is 3.05 bits per heavy atom. The minimum atomic E-state index is 0.388. The highest BCUT2D eigenvalue weighted by atomic mass is 15.3. The van der Waals surface area contributed by atoms with E-state index in [4.69, 9.17) is 5.26 Å². The van der Waals surface area contributed by atoms with E-state index in [1.807, 2.05) is 18.2 Å². The molecule has 0 saturated carbocycles. The summed E-state index contributed by atoms with van der Waals surface area (Å²) in [6, 6.07) is 9.96. The summed E-state index contributed by atoms with van der Waals surface area (Å²) in [5.74, 6) is 1.72. The lowest BCUT2D eigenvalue weighted by Crippen LogP contribution is -2.35. The molecule has 6 nitrogen and oxygen atoms in total. The highest BCUT2D eigenvalue weighted by Crippen LogP contribution is 2.23. The van der Waals surface area contributed by atoms with Gasteiger partial charge in [0.05, 0.1) is 5.56 Å². The molecule has 106 valence electrons. The van der Waals surface area contributed by atoms with Gasteiger partial charge in [0.25, 0.3) is 0 Å². The Balaban J connectivity index is 1.63. The van der Waals surface area contributed by atoms with Crippen LogP contribution < -0.4 is 10.2 Å². The summed E-state index contributed by atoms with van der Waals surface area (Å²) < 4.78 is 0. The molecule has 0 spiro atoms. The fourth-order valence-electron chi connectivity index (χ4n) is 2.58. The second-order valence-corrected chi connectivity index (χ2v) is 5.00. The van der Waals surface area contributed by atoms with E-state index in [9.17, 15) is 0 Å². The topological polar surface area (TPSA) is 77.7 Å². The molecule has 3 heterocycles. The molecular formula is C15H16N6. The first-order valence-electron chi connectivity index (χ1n) is 7.01. The van der Waals surface area contributed by atoms with Crippen LogP contribution in [-0.2, 0) is 0 Å². The molecule has 1 saturated heterocycles. The third kappa shape index (κ3) is 3.08. The first kappa shape index (κ1) is 13.3.